The molecule has 0 amide bonds. The number of benzene rings is 1. The van der Waals surface area contributed by atoms with Gasteiger partial charge in [-0.05, 0) is 24.3 Å². The van der Waals surface area contributed by atoms with Gasteiger partial charge in [0.2, 0.25) is 6.29 Å². The van der Waals surface area contributed by atoms with Crippen molar-refractivity contribution in [2.45, 2.75) is 61.4 Å². The third kappa shape index (κ3) is 5.09. The maximum absolute atomic E-state index is 10.6. The maximum Gasteiger partial charge on any atom is 0.229 e. The minimum atomic E-state index is -1.73. The Labute approximate surface area is 177 Å². The second-order valence-corrected chi connectivity index (χ2v) is 7.30. The largest absolute Gasteiger partial charge is 0.497 e. The van der Waals surface area contributed by atoms with E-state index in [1.807, 2.05) is 0 Å². The molecular formula is C19H28O12. The van der Waals surface area contributed by atoms with E-state index in [9.17, 15) is 35.7 Å². The molecule has 2 heterocycles. The first kappa shape index (κ1) is 24.1. The van der Waals surface area contributed by atoms with Gasteiger partial charge in [0.15, 0.2) is 6.29 Å². The quantitative estimate of drug-likeness (QED) is 0.220. The van der Waals surface area contributed by atoms with Gasteiger partial charge in [-0.2, -0.15) is 0 Å². The molecular weight excluding hydrogens is 420 g/mol. The van der Waals surface area contributed by atoms with Crippen LogP contribution in [0.15, 0.2) is 24.3 Å². The summed E-state index contributed by atoms with van der Waals surface area (Å²) in [4.78, 5) is 0. The van der Waals surface area contributed by atoms with Crippen LogP contribution in [-0.4, -0.2) is 117 Å². The molecule has 1 aromatic rings. The van der Waals surface area contributed by atoms with Crippen LogP contribution in [-0.2, 0) is 14.2 Å². The summed E-state index contributed by atoms with van der Waals surface area (Å²) in [7, 11) is 1.50. The van der Waals surface area contributed by atoms with E-state index in [2.05, 4.69) is 0 Å². The van der Waals surface area contributed by atoms with Gasteiger partial charge in [0, 0.05) is 0 Å². The second kappa shape index (κ2) is 10.4. The van der Waals surface area contributed by atoms with Gasteiger partial charge in [-0.15, -0.1) is 0 Å². The average Bonchev–Trinajstić information content (AvgIpc) is 2.79. The molecule has 2 aliphatic heterocycles. The van der Waals surface area contributed by atoms with Crippen LogP contribution in [0.3, 0.4) is 0 Å². The Kier molecular flexibility index (Phi) is 8.04. The van der Waals surface area contributed by atoms with Crippen molar-refractivity contribution < 1.29 is 59.4 Å². The number of hydrogen-bond acceptors (Lipinski definition) is 12. The molecule has 2 aliphatic rings. The molecule has 0 bridgehead atoms. The molecule has 7 N–H and O–H groups in total. The van der Waals surface area contributed by atoms with Crippen LogP contribution in [0, 0.1) is 0 Å². The monoisotopic (exact) mass is 448 g/mol. The van der Waals surface area contributed by atoms with Crippen LogP contribution in [0.1, 0.15) is 0 Å². The van der Waals surface area contributed by atoms with E-state index in [0.29, 0.717) is 11.5 Å². The first-order valence-electron chi connectivity index (χ1n) is 9.69. The van der Waals surface area contributed by atoms with E-state index in [1.165, 1.54) is 7.11 Å². The van der Waals surface area contributed by atoms with E-state index >= 15 is 0 Å². The fraction of sp³-hybridized carbons (Fsp3) is 0.684. The number of ether oxygens (including phenoxy) is 5. The van der Waals surface area contributed by atoms with Crippen LogP contribution in [0.25, 0.3) is 0 Å². The molecule has 2 saturated heterocycles. The summed E-state index contributed by atoms with van der Waals surface area (Å²) < 4.78 is 26.9. The number of rotatable bonds is 7. The molecule has 0 aromatic heterocycles. The fourth-order valence-electron chi connectivity index (χ4n) is 3.44. The lowest BCUT2D eigenvalue weighted by atomic mass is 9.97. The zero-order valence-corrected chi connectivity index (χ0v) is 16.7. The fourth-order valence-corrected chi connectivity index (χ4v) is 3.44. The van der Waals surface area contributed by atoms with Crippen LogP contribution < -0.4 is 9.47 Å². The number of methoxy groups -OCH3 is 1. The number of hydrogen-bond donors (Lipinski definition) is 7. The Morgan fingerprint density at radius 1 is 0.710 bits per heavy atom. The van der Waals surface area contributed by atoms with Crippen molar-refractivity contribution in [1.29, 1.82) is 0 Å². The molecule has 0 radical (unpaired) electrons. The first-order chi connectivity index (χ1) is 14.8. The third-order valence-corrected chi connectivity index (χ3v) is 5.27. The van der Waals surface area contributed by atoms with Crippen LogP contribution in [0.5, 0.6) is 11.5 Å². The van der Waals surface area contributed by atoms with E-state index < -0.39 is 74.6 Å². The van der Waals surface area contributed by atoms with Crippen LogP contribution in [0.4, 0.5) is 0 Å². The summed E-state index contributed by atoms with van der Waals surface area (Å²) in [5.74, 6) is 0.890. The van der Waals surface area contributed by atoms with Gasteiger partial charge in [-0.25, -0.2) is 0 Å². The predicted molar refractivity (Wildman–Crippen MR) is 100 cm³/mol. The van der Waals surface area contributed by atoms with E-state index in [1.54, 1.807) is 24.3 Å². The van der Waals surface area contributed by atoms with Gasteiger partial charge in [0.1, 0.15) is 60.3 Å². The van der Waals surface area contributed by atoms with Crippen molar-refractivity contribution in [3.8, 4) is 11.5 Å². The molecule has 0 spiro atoms. The van der Waals surface area contributed by atoms with Crippen molar-refractivity contribution in [3.63, 3.8) is 0 Å². The first-order valence-corrected chi connectivity index (χ1v) is 9.69. The summed E-state index contributed by atoms with van der Waals surface area (Å²) in [6.45, 7) is -1.31. The highest BCUT2D eigenvalue weighted by molar-refractivity contribution is 5.31. The summed E-state index contributed by atoms with van der Waals surface area (Å²) in [6, 6.07) is 6.36. The molecule has 12 nitrogen and oxygen atoms in total. The lowest BCUT2D eigenvalue weighted by Gasteiger charge is -2.45. The van der Waals surface area contributed by atoms with Gasteiger partial charge in [0.05, 0.1) is 20.3 Å². The van der Waals surface area contributed by atoms with Gasteiger partial charge >= 0.3 is 0 Å². The topological polar surface area (TPSA) is 188 Å². The maximum atomic E-state index is 10.6. The normalized spacial score (nSPS) is 41.0. The highest BCUT2D eigenvalue weighted by Crippen LogP contribution is 2.30. The standard InChI is InChI=1S/C19H28O12/c1-27-8-2-4-9(5-3-8)28-18-16(26)14(24)17(11(7-21)30-18)31-19-15(25)13(23)12(22)10(6-20)29-19/h2-5,10-26H,6-7H2,1H3/t10-,11+,12-,13+,14+,15-,16+,17-,18+,19-/m0/s1. The molecule has 0 unspecified atom stereocenters. The number of aliphatic hydroxyl groups is 7. The van der Waals surface area contributed by atoms with E-state index in [0.717, 1.165) is 0 Å². The van der Waals surface area contributed by atoms with E-state index in [-0.39, 0.29) is 0 Å². The van der Waals surface area contributed by atoms with E-state index in [4.69, 9.17) is 23.7 Å². The van der Waals surface area contributed by atoms with Crippen molar-refractivity contribution in [2.24, 2.45) is 0 Å². The molecule has 176 valence electrons. The molecule has 2 fully saturated rings. The highest BCUT2D eigenvalue weighted by Gasteiger charge is 2.51. The summed E-state index contributed by atoms with van der Waals surface area (Å²) in [5.41, 5.74) is 0. The molecule has 0 saturated carbocycles. The lowest BCUT2D eigenvalue weighted by Crippen LogP contribution is -2.65. The van der Waals surface area contributed by atoms with Crippen molar-refractivity contribution >= 4 is 0 Å². The molecule has 0 aliphatic carbocycles. The van der Waals surface area contributed by atoms with Gasteiger partial charge < -0.3 is 59.4 Å². The average molecular weight is 448 g/mol. The summed E-state index contributed by atoms with van der Waals surface area (Å²) in [5, 5.41) is 69.9. The minimum Gasteiger partial charge on any atom is -0.497 e. The Morgan fingerprint density at radius 3 is 1.84 bits per heavy atom. The SMILES string of the molecule is COc1ccc(O[C@@H]2O[C@H](CO)[C@H](O[C@@H]3O[C@@H](CO)[C@H](O)[C@@H](O)[C@@H]3O)[C@H](O)[C@H]2O)cc1. The molecule has 10 atom stereocenters. The molecule has 12 heteroatoms. The summed E-state index contributed by atoms with van der Waals surface area (Å²) in [6.07, 6.45) is -15.0. The molecule has 3 rings (SSSR count). The molecule has 31 heavy (non-hydrogen) atoms. The van der Waals surface area contributed by atoms with Crippen molar-refractivity contribution in [3.05, 3.63) is 24.3 Å². The zero-order chi connectivity index (χ0) is 22.7. The Balaban J connectivity index is 1.70. The second-order valence-electron chi connectivity index (χ2n) is 7.30. The zero-order valence-electron chi connectivity index (χ0n) is 16.7. The van der Waals surface area contributed by atoms with Gasteiger partial charge in [-0.3, -0.25) is 0 Å². The Bertz CT molecular complexity index is 683. The van der Waals surface area contributed by atoms with Crippen molar-refractivity contribution in [1.82, 2.24) is 0 Å². The van der Waals surface area contributed by atoms with Crippen molar-refractivity contribution in [2.75, 3.05) is 20.3 Å². The smallest absolute Gasteiger partial charge is 0.229 e. The van der Waals surface area contributed by atoms with Crippen LogP contribution >= 0.6 is 0 Å². The van der Waals surface area contributed by atoms with Crippen LogP contribution in [0.2, 0.25) is 0 Å². The molecule has 1 aromatic carbocycles. The Morgan fingerprint density at radius 2 is 1.26 bits per heavy atom. The third-order valence-electron chi connectivity index (χ3n) is 5.27. The summed E-state index contributed by atoms with van der Waals surface area (Å²) >= 11 is 0. The highest BCUT2D eigenvalue weighted by atomic mass is 16.7. The predicted octanol–water partition coefficient (Wildman–Crippen LogP) is -3.30. The lowest BCUT2D eigenvalue weighted by molar-refractivity contribution is -0.352. The van der Waals surface area contributed by atoms with Gasteiger partial charge in [0.25, 0.3) is 0 Å². The minimum absolute atomic E-state index is 0.307. The van der Waals surface area contributed by atoms with Gasteiger partial charge in [-0.1, -0.05) is 0 Å². The Hall–Kier alpha value is -1.58. The number of aliphatic hydroxyl groups excluding tert-OH is 7.